The second-order valence-corrected chi connectivity index (χ2v) is 10.2. The van der Waals surface area contributed by atoms with Crippen LogP contribution in [0.2, 0.25) is 0 Å². The topological polar surface area (TPSA) is 35.5 Å². The quantitative estimate of drug-likeness (QED) is 0.142. The van der Waals surface area contributed by atoms with Gasteiger partial charge in [-0.15, -0.1) is 6.58 Å². The summed E-state index contributed by atoms with van der Waals surface area (Å²) < 4.78 is 12.4. The lowest BCUT2D eigenvalue weighted by atomic mass is 9.77. The van der Waals surface area contributed by atoms with Crippen LogP contribution in [0.1, 0.15) is 116 Å². The molecule has 1 unspecified atom stereocenters. The molecule has 2 rings (SSSR count). The largest absolute Gasteiger partial charge is 0.491 e. The van der Waals surface area contributed by atoms with Gasteiger partial charge in [-0.2, -0.15) is 0 Å². The zero-order chi connectivity index (χ0) is 23.7. The molecule has 0 N–H and O–H groups in total. The predicted molar refractivity (Wildman–Crippen MR) is 135 cm³/mol. The highest BCUT2D eigenvalue weighted by molar-refractivity contribution is 5.73. The Kier molecular flexibility index (Phi) is 10.1. The van der Waals surface area contributed by atoms with Gasteiger partial charge < -0.3 is 9.47 Å². The number of hydrogen-bond acceptors (Lipinski definition) is 3. The lowest BCUT2D eigenvalue weighted by molar-refractivity contribution is -0.134. The number of esters is 1. The van der Waals surface area contributed by atoms with Gasteiger partial charge in [0, 0.05) is 12.0 Å². The standard InChI is InChI=1S/C29H44O3/c1-8-10-11-12-17-29(6,7)24-19-25(31-21(3)4)28(23-16-13-15-22(5)18-23)26(20-24)32-27(30)14-9-2/h8,15,19-21,23H,1,9-14,16-18H2,2-7H3. The third-order valence-corrected chi connectivity index (χ3v) is 6.37. The van der Waals surface area contributed by atoms with Crippen molar-refractivity contribution in [1.82, 2.24) is 0 Å². The van der Waals surface area contributed by atoms with Crippen molar-refractivity contribution >= 4 is 5.97 Å². The second kappa shape index (κ2) is 12.3. The van der Waals surface area contributed by atoms with Crippen LogP contribution in [0.15, 0.2) is 36.4 Å². The molecule has 1 aromatic carbocycles. The molecule has 3 nitrogen and oxygen atoms in total. The van der Waals surface area contributed by atoms with Gasteiger partial charge in [-0.05, 0) is 94.7 Å². The van der Waals surface area contributed by atoms with Crippen LogP contribution < -0.4 is 9.47 Å². The van der Waals surface area contributed by atoms with Crippen LogP contribution in [0, 0.1) is 0 Å². The maximum absolute atomic E-state index is 12.6. The number of unbranched alkanes of at least 4 members (excludes halogenated alkanes) is 2. The van der Waals surface area contributed by atoms with Gasteiger partial charge in [0.2, 0.25) is 0 Å². The summed E-state index contributed by atoms with van der Waals surface area (Å²) in [6.45, 7) is 16.7. The molecule has 0 radical (unpaired) electrons. The fourth-order valence-corrected chi connectivity index (χ4v) is 4.56. The van der Waals surface area contributed by atoms with Gasteiger partial charge in [0.25, 0.3) is 0 Å². The van der Waals surface area contributed by atoms with Crippen molar-refractivity contribution in [1.29, 1.82) is 0 Å². The molecule has 1 aliphatic rings. The Hall–Kier alpha value is -2.03. The molecule has 0 amide bonds. The SMILES string of the molecule is C=CCCCCC(C)(C)c1cc(OC(=O)CCC)c(C2CCC=C(C)C2)c(OC(C)C)c1. The van der Waals surface area contributed by atoms with Crippen LogP contribution in [-0.2, 0) is 10.2 Å². The molecular formula is C29H44O3. The third kappa shape index (κ3) is 7.53. The van der Waals surface area contributed by atoms with E-state index in [0.29, 0.717) is 18.1 Å². The van der Waals surface area contributed by atoms with Gasteiger partial charge in [-0.1, -0.05) is 44.9 Å². The number of carbonyl (C=O) groups is 1. The van der Waals surface area contributed by atoms with Crippen molar-refractivity contribution in [3.05, 3.63) is 47.6 Å². The summed E-state index contributed by atoms with van der Waals surface area (Å²) in [6, 6.07) is 4.34. The minimum absolute atomic E-state index is 0.0386. The predicted octanol–water partition coefficient (Wildman–Crippen LogP) is 8.42. The van der Waals surface area contributed by atoms with Gasteiger partial charge in [-0.25, -0.2) is 0 Å². The van der Waals surface area contributed by atoms with Crippen molar-refractivity contribution in [3.8, 4) is 11.5 Å². The Morgan fingerprint density at radius 1 is 1.25 bits per heavy atom. The van der Waals surface area contributed by atoms with E-state index in [4.69, 9.17) is 9.47 Å². The summed E-state index contributed by atoms with van der Waals surface area (Å²) in [5.74, 6) is 1.74. The lowest BCUT2D eigenvalue weighted by Crippen LogP contribution is -2.20. The molecule has 0 bridgehead atoms. The van der Waals surface area contributed by atoms with Crippen LogP contribution in [0.5, 0.6) is 11.5 Å². The molecule has 32 heavy (non-hydrogen) atoms. The zero-order valence-electron chi connectivity index (χ0n) is 21.3. The first-order valence-electron chi connectivity index (χ1n) is 12.5. The number of ether oxygens (including phenoxy) is 2. The number of allylic oxidation sites excluding steroid dienone is 3. The molecule has 0 saturated heterocycles. The average Bonchev–Trinajstić information content (AvgIpc) is 2.70. The van der Waals surface area contributed by atoms with E-state index in [2.05, 4.69) is 59.4 Å². The molecule has 1 aliphatic carbocycles. The highest BCUT2D eigenvalue weighted by atomic mass is 16.5. The number of benzene rings is 1. The molecule has 0 aromatic heterocycles. The average molecular weight is 441 g/mol. The Morgan fingerprint density at radius 2 is 1.97 bits per heavy atom. The van der Waals surface area contributed by atoms with Crippen molar-refractivity contribution in [2.24, 2.45) is 0 Å². The minimum Gasteiger partial charge on any atom is -0.491 e. The van der Waals surface area contributed by atoms with Crippen molar-refractivity contribution in [3.63, 3.8) is 0 Å². The monoisotopic (exact) mass is 440 g/mol. The van der Waals surface area contributed by atoms with Crippen molar-refractivity contribution in [2.75, 3.05) is 0 Å². The first-order valence-corrected chi connectivity index (χ1v) is 12.5. The maximum atomic E-state index is 12.6. The van der Waals surface area contributed by atoms with E-state index >= 15 is 0 Å². The van der Waals surface area contributed by atoms with Crippen LogP contribution in [0.4, 0.5) is 0 Å². The summed E-state index contributed by atoms with van der Waals surface area (Å²) in [5, 5.41) is 0. The third-order valence-electron chi connectivity index (χ3n) is 6.37. The summed E-state index contributed by atoms with van der Waals surface area (Å²) >= 11 is 0. The van der Waals surface area contributed by atoms with E-state index in [1.807, 2.05) is 13.0 Å². The Labute approximate surface area is 196 Å². The van der Waals surface area contributed by atoms with Crippen LogP contribution >= 0.6 is 0 Å². The molecule has 178 valence electrons. The van der Waals surface area contributed by atoms with E-state index in [-0.39, 0.29) is 17.5 Å². The Balaban J connectivity index is 2.52. The first-order chi connectivity index (χ1) is 15.2. The normalized spacial score (nSPS) is 16.6. The van der Waals surface area contributed by atoms with Gasteiger partial charge in [0.1, 0.15) is 11.5 Å². The molecule has 0 aliphatic heterocycles. The highest BCUT2D eigenvalue weighted by Gasteiger charge is 2.29. The Bertz CT molecular complexity index is 801. The van der Waals surface area contributed by atoms with Gasteiger partial charge in [0.15, 0.2) is 0 Å². The van der Waals surface area contributed by atoms with Crippen molar-refractivity contribution in [2.45, 2.75) is 117 Å². The smallest absolute Gasteiger partial charge is 0.311 e. The maximum Gasteiger partial charge on any atom is 0.311 e. The summed E-state index contributed by atoms with van der Waals surface area (Å²) in [4.78, 5) is 12.6. The molecule has 0 fully saturated rings. The van der Waals surface area contributed by atoms with Crippen molar-refractivity contribution < 1.29 is 14.3 Å². The molecule has 0 spiro atoms. The molecule has 1 aromatic rings. The number of rotatable bonds is 12. The molecule has 1 atom stereocenters. The zero-order valence-corrected chi connectivity index (χ0v) is 21.3. The number of hydrogen-bond donors (Lipinski definition) is 0. The van der Waals surface area contributed by atoms with E-state index in [1.165, 1.54) is 11.1 Å². The van der Waals surface area contributed by atoms with E-state index in [1.54, 1.807) is 0 Å². The molecular weight excluding hydrogens is 396 g/mol. The minimum atomic E-state index is -0.159. The number of carbonyl (C=O) groups excluding carboxylic acids is 1. The molecule has 3 heteroatoms. The molecule has 0 heterocycles. The first kappa shape index (κ1) is 26.2. The van der Waals surface area contributed by atoms with Crippen LogP contribution in [0.3, 0.4) is 0 Å². The van der Waals surface area contributed by atoms with E-state index < -0.39 is 0 Å². The van der Waals surface area contributed by atoms with E-state index in [0.717, 1.165) is 62.7 Å². The van der Waals surface area contributed by atoms with Gasteiger partial charge in [0.05, 0.1) is 6.10 Å². The van der Waals surface area contributed by atoms with Crippen LogP contribution in [0.25, 0.3) is 0 Å². The Morgan fingerprint density at radius 3 is 2.59 bits per heavy atom. The van der Waals surface area contributed by atoms with E-state index in [9.17, 15) is 4.79 Å². The fourth-order valence-electron chi connectivity index (χ4n) is 4.56. The second-order valence-electron chi connectivity index (χ2n) is 10.2. The fraction of sp³-hybridized carbons (Fsp3) is 0.621. The summed E-state index contributed by atoms with van der Waals surface area (Å²) in [7, 11) is 0. The summed E-state index contributed by atoms with van der Waals surface area (Å²) in [5.41, 5.74) is 3.61. The van der Waals surface area contributed by atoms with Gasteiger partial charge >= 0.3 is 5.97 Å². The highest BCUT2D eigenvalue weighted by Crippen LogP contribution is 2.46. The van der Waals surface area contributed by atoms with Crippen LogP contribution in [-0.4, -0.2) is 12.1 Å². The van der Waals surface area contributed by atoms with Gasteiger partial charge in [-0.3, -0.25) is 4.79 Å². The lowest BCUT2D eigenvalue weighted by Gasteiger charge is -2.31. The molecule has 0 saturated carbocycles. The summed E-state index contributed by atoms with van der Waals surface area (Å²) in [6.07, 6.45) is 13.1.